The molecule has 0 N–H and O–H groups in total. The lowest BCUT2D eigenvalue weighted by Crippen LogP contribution is -2.24. The van der Waals surface area contributed by atoms with E-state index in [1.54, 1.807) is 0 Å². The normalized spacial score (nSPS) is 21.2. The fourth-order valence-corrected chi connectivity index (χ4v) is 3.38. The van der Waals surface area contributed by atoms with Crippen LogP contribution in [0.15, 0.2) is 18.2 Å². The molecule has 2 nitrogen and oxygen atoms in total. The Morgan fingerprint density at radius 3 is 2.79 bits per heavy atom. The van der Waals surface area contributed by atoms with Gasteiger partial charge in [-0.15, -0.1) is 0 Å². The third-order valence-electron chi connectivity index (χ3n) is 4.33. The van der Waals surface area contributed by atoms with Gasteiger partial charge in [0.15, 0.2) is 5.78 Å². The van der Waals surface area contributed by atoms with Crippen LogP contribution in [-0.4, -0.2) is 11.4 Å². The number of Topliss-reactive ketones (excluding diaryl/α,β-unsaturated/α-hetero) is 1. The lowest BCUT2D eigenvalue weighted by Gasteiger charge is -2.16. The van der Waals surface area contributed by atoms with Crippen LogP contribution in [0, 0.1) is 5.92 Å². The Morgan fingerprint density at radius 2 is 2.05 bits per heavy atom. The van der Waals surface area contributed by atoms with Crippen LogP contribution in [0.4, 0.5) is 0 Å². The van der Waals surface area contributed by atoms with Crippen molar-refractivity contribution in [2.75, 3.05) is 0 Å². The van der Waals surface area contributed by atoms with E-state index in [0.717, 1.165) is 24.2 Å². The number of ether oxygens (including phenoxy) is 1. The maximum Gasteiger partial charge on any atom is 0.163 e. The van der Waals surface area contributed by atoms with Gasteiger partial charge in [0.05, 0.1) is 0 Å². The molecular formula is C17H22O2. The van der Waals surface area contributed by atoms with Crippen molar-refractivity contribution in [3.8, 4) is 5.75 Å². The molecule has 1 saturated carbocycles. The molecule has 102 valence electrons. The van der Waals surface area contributed by atoms with Crippen molar-refractivity contribution in [2.24, 2.45) is 5.92 Å². The third kappa shape index (κ3) is 2.68. The number of carbonyl (C=O) groups is 1. The smallest absolute Gasteiger partial charge is 0.163 e. The van der Waals surface area contributed by atoms with Crippen LogP contribution >= 0.6 is 0 Å². The minimum absolute atomic E-state index is 0.130. The van der Waals surface area contributed by atoms with Gasteiger partial charge in [-0.2, -0.15) is 0 Å². The highest BCUT2D eigenvalue weighted by atomic mass is 16.5. The summed E-state index contributed by atoms with van der Waals surface area (Å²) in [6, 6.07) is 5.94. The summed E-state index contributed by atoms with van der Waals surface area (Å²) in [5.41, 5.74) is 1.92. The van der Waals surface area contributed by atoms with Crippen molar-refractivity contribution >= 4 is 5.78 Å². The molecule has 1 aromatic rings. The zero-order valence-electron chi connectivity index (χ0n) is 11.9. The molecule has 1 heterocycles. The maximum absolute atomic E-state index is 12.3. The van der Waals surface area contributed by atoms with E-state index < -0.39 is 0 Å². The fourth-order valence-electron chi connectivity index (χ4n) is 3.38. The highest BCUT2D eigenvalue weighted by Crippen LogP contribution is 2.36. The lowest BCUT2D eigenvalue weighted by atomic mass is 9.94. The third-order valence-corrected chi connectivity index (χ3v) is 4.33. The molecule has 1 aromatic carbocycles. The Morgan fingerprint density at radius 1 is 1.32 bits per heavy atom. The van der Waals surface area contributed by atoms with Gasteiger partial charge in [0.2, 0.25) is 0 Å². The van der Waals surface area contributed by atoms with Crippen LogP contribution in [0.25, 0.3) is 0 Å². The van der Waals surface area contributed by atoms with Gasteiger partial charge in [0.1, 0.15) is 11.4 Å². The number of carbonyl (C=O) groups excluding carboxylic acids is 1. The van der Waals surface area contributed by atoms with E-state index in [4.69, 9.17) is 4.74 Å². The number of hydrogen-bond acceptors (Lipinski definition) is 2. The minimum atomic E-state index is -0.130. The summed E-state index contributed by atoms with van der Waals surface area (Å²) in [6.45, 7) is 4.18. The van der Waals surface area contributed by atoms with Crippen LogP contribution in [0.1, 0.15) is 61.9 Å². The minimum Gasteiger partial charge on any atom is -0.487 e. The van der Waals surface area contributed by atoms with Gasteiger partial charge in [-0.05, 0) is 43.5 Å². The van der Waals surface area contributed by atoms with Gasteiger partial charge in [0.25, 0.3) is 0 Å². The molecule has 0 bridgehead atoms. The first-order valence-corrected chi connectivity index (χ1v) is 7.39. The summed E-state index contributed by atoms with van der Waals surface area (Å²) in [4.78, 5) is 12.3. The zero-order valence-corrected chi connectivity index (χ0v) is 11.9. The van der Waals surface area contributed by atoms with E-state index in [1.165, 1.54) is 31.2 Å². The summed E-state index contributed by atoms with van der Waals surface area (Å²) in [6.07, 6.45) is 6.67. The van der Waals surface area contributed by atoms with Crippen molar-refractivity contribution in [3.63, 3.8) is 0 Å². The van der Waals surface area contributed by atoms with Crippen molar-refractivity contribution in [1.29, 1.82) is 0 Å². The quantitative estimate of drug-likeness (QED) is 0.761. The predicted molar refractivity (Wildman–Crippen MR) is 75.8 cm³/mol. The van der Waals surface area contributed by atoms with E-state index in [1.807, 2.05) is 18.2 Å². The van der Waals surface area contributed by atoms with E-state index in [-0.39, 0.29) is 5.60 Å². The topological polar surface area (TPSA) is 26.3 Å². The molecule has 0 amide bonds. The average molecular weight is 258 g/mol. The summed E-state index contributed by atoms with van der Waals surface area (Å²) < 4.78 is 5.85. The van der Waals surface area contributed by atoms with Crippen LogP contribution in [0.3, 0.4) is 0 Å². The molecule has 1 fully saturated rings. The first kappa shape index (κ1) is 12.7. The van der Waals surface area contributed by atoms with E-state index in [0.29, 0.717) is 11.7 Å². The predicted octanol–water partition coefficient (Wildman–Crippen LogP) is 4.16. The first-order valence-electron chi connectivity index (χ1n) is 7.39. The van der Waals surface area contributed by atoms with Crippen molar-refractivity contribution in [2.45, 2.75) is 58.0 Å². The summed E-state index contributed by atoms with van der Waals surface area (Å²) >= 11 is 0. The lowest BCUT2D eigenvalue weighted by molar-refractivity contribution is 0.0962. The molecule has 3 rings (SSSR count). The Balaban J connectivity index is 1.74. The number of ketones is 1. The van der Waals surface area contributed by atoms with Gasteiger partial charge in [0, 0.05) is 18.4 Å². The number of benzene rings is 1. The molecule has 0 atom stereocenters. The zero-order chi connectivity index (χ0) is 13.5. The molecule has 0 aromatic heterocycles. The molecule has 0 spiro atoms. The van der Waals surface area contributed by atoms with Crippen molar-refractivity contribution < 1.29 is 9.53 Å². The molecular weight excluding hydrogens is 236 g/mol. The monoisotopic (exact) mass is 258 g/mol. The SMILES string of the molecule is CC1(C)Cc2cc(C(=O)CC3CCCC3)ccc2O1. The van der Waals surface area contributed by atoms with E-state index in [9.17, 15) is 4.79 Å². The van der Waals surface area contributed by atoms with Crippen molar-refractivity contribution in [3.05, 3.63) is 29.3 Å². The van der Waals surface area contributed by atoms with E-state index >= 15 is 0 Å². The fraction of sp³-hybridized carbons (Fsp3) is 0.588. The van der Waals surface area contributed by atoms with Gasteiger partial charge < -0.3 is 4.74 Å². The molecule has 0 unspecified atom stereocenters. The van der Waals surface area contributed by atoms with Crippen LogP contribution in [0.5, 0.6) is 5.75 Å². The summed E-state index contributed by atoms with van der Waals surface area (Å²) in [7, 11) is 0. The molecule has 0 saturated heterocycles. The second-order valence-corrected chi connectivity index (χ2v) is 6.64. The van der Waals surface area contributed by atoms with Crippen LogP contribution < -0.4 is 4.74 Å². The number of rotatable bonds is 3. The maximum atomic E-state index is 12.3. The molecule has 0 radical (unpaired) electrons. The highest BCUT2D eigenvalue weighted by Gasteiger charge is 2.30. The summed E-state index contributed by atoms with van der Waals surface area (Å²) in [5, 5.41) is 0. The second kappa shape index (κ2) is 4.66. The van der Waals surface area contributed by atoms with Gasteiger partial charge in [-0.1, -0.05) is 25.7 Å². The molecule has 1 aliphatic carbocycles. The Labute approximate surface area is 115 Å². The largest absolute Gasteiger partial charge is 0.487 e. The van der Waals surface area contributed by atoms with Crippen LogP contribution in [-0.2, 0) is 6.42 Å². The Hall–Kier alpha value is -1.31. The first-order chi connectivity index (χ1) is 9.03. The second-order valence-electron chi connectivity index (χ2n) is 6.64. The average Bonchev–Trinajstić information content (AvgIpc) is 2.93. The van der Waals surface area contributed by atoms with Gasteiger partial charge >= 0.3 is 0 Å². The van der Waals surface area contributed by atoms with E-state index in [2.05, 4.69) is 13.8 Å². The van der Waals surface area contributed by atoms with Gasteiger partial charge in [-0.3, -0.25) is 4.79 Å². The Kier molecular flexibility index (Phi) is 3.12. The highest BCUT2D eigenvalue weighted by molar-refractivity contribution is 5.96. The molecule has 2 heteroatoms. The molecule has 1 aliphatic heterocycles. The summed E-state index contributed by atoms with van der Waals surface area (Å²) in [5.74, 6) is 1.87. The van der Waals surface area contributed by atoms with Gasteiger partial charge in [-0.25, -0.2) is 0 Å². The number of fused-ring (bicyclic) bond motifs is 1. The number of hydrogen-bond donors (Lipinski definition) is 0. The van der Waals surface area contributed by atoms with Crippen LogP contribution in [0.2, 0.25) is 0 Å². The van der Waals surface area contributed by atoms with Crippen molar-refractivity contribution in [1.82, 2.24) is 0 Å². The Bertz CT molecular complexity index is 496. The molecule has 19 heavy (non-hydrogen) atoms. The standard InChI is InChI=1S/C17H22O2/c1-17(2)11-14-10-13(7-8-16(14)19-17)15(18)9-12-5-3-4-6-12/h7-8,10,12H,3-6,9,11H2,1-2H3. The molecule has 2 aliphatic rings.